The van der Waals surface area contributed by atoms with E-state index in [0.29, 0.717) is 0 Å². The summed E-state index contributed by atoms with van der Waals surface area (Å²) in [5.74, 6) is 1.08. The standard InChI is InChI=1S/C59H42N2O/c1-59-37-14-13-25-53(59)52-36-34-45(39-58(52)62-59)60(57-38-43(31-35-49(57)41-16-3-2-4-17-41)47-24-15-19-40-18-5-6-20-46(40)47)44-32-29-42(30-33-44)48-21-7-10-26-54(48)61-55-27-11-8-22-50(55)51-23-9-12-28-56(51)61/h2-39,53H,1H3. The molecule has 294 valence electrons. The molecule has 0 saturated carbocycles. The van der Waals surface area contributed by atoms with Crippen molar-refractivity contribution in [2.45, 2.75) is 18.4 Å². The number of benzene rings is 9. The highest BCUT2D eigenvalue weighted by Crippen LogP contribution is 2.51. The normalized spacial score (nSPS) is 16.4. The second-order valence-corrected chi connectivity index (χ2v) is 16.6. The minimum Gasteiger partial charge on any atom is -0.482 e. The summed E-state index contributed by atoms with van der Waals surface area (Å²) in [7, 11) is 0. The molecule has 12 rings (SSSR count). The molecule has 0 radical (unpaired) electrons. The van der Waals surface area contributed by atoms with E-state index in [1.807, 2.05) is 0 Å². The molecule has 0 fully saturated rings. The Balaban J connectivity index is 1.05. The van der Waals surface area contributed by atoms with E-state index in [0.717, 1.165) is 50.8 Å². The van der Waals surface area contributed by atoms with Crippen LogP contribution in [0.4, 0.5) is 17.1 Å². The minimum absolute atomic E-state index is 0.161. The Bertz CT molecular complexity index is 3350. The van der Waals surface area contributed by atoms with E-state index in [1.165, 1.54) is 49.3 Å². The second-order valence-electron chi connectivity index (χ2n) is 16.6. The first-order chi connectivity index (χ1) is 30.6. The second kappa shape index (κ2) is 14.4. The van der Waals surface area contributed by atoms with Gasteiger partial charge in [-0.2, -0.15) is 0 Å². The zero-order valence-corrected chi connectivity index (χ0v) is 34.3. The molecule has 0 bridgehead atoms. The monoisotopic (exact) mass is 794 g/mol. The quantitative estimate of drug-likeness (QED) is 0.160. The molecule has 1 aliphatic heterocycles. The van der Waals surface area contributed by atoms with Crippen molar-refractivity contribution in [2.75, 3.05) is 4.90 Å². The van der Waals surface area contributed by atoms with Crippen LogP contribution in [-0.4, -0.2) is 10.2 Å². The summed E-state index contributed by atoms with van der Waals surface area (Å²) in [5.41, 5.74) is 14.5. The lowest BCUT2D eigenvalue weighted by molar-refractivity contribution is 0.155. The van der Waals surface area contributed by atoms with Crippen LogP contribution in [0.1, 0.15) is 18.4 Å². The maximum absolute atomic E-state index is 6.84. The van der Waals surface area contributed by atoms with Crippen molar-refractivity contribution in [3.63, 3.8) is 0 Å². The van der Waals surface area contributed by atoms with E-state index in [-0.39, 0.29) is 5.92 Å². The summed E-state index contributed by atoms with van der Waals surface area (Å²) in [5, 5.41) is 4.96. The number of aromatic nitrogens is 1. The Morgan fingerprint density at radius 3 is 1.92 bits per heavy atom. The van der Waals surface area contributed by atoms with Crippen LogP contribution >= 0.6 is 0 Å². The fraction of sp³-hybridized carbons (Fsp3) is 0.0508. The molecule has 0 amide bonds. The predicted octanol–water partition coefficient (Wildman–Crippen LogP) is 15.8. The van der Waals surface area contributed by atoms with Crippen LogP contribution in [0, 0.1) is 0 Å². The number of para-hydroxylation sites is 3. The van der Waals surface area contributed by atoms with Gasteiger partial charge < -0.3 is 14.2 Å². The molecule has 3 heteroatoms. The third-order valence-corrected chi connectivity index (χ3v) is 13.0. The molecule has 2 unspecified atom stereocenters. The fourth-order valence-electron chi connectivity index (χ4n) is 10.0. The molecule has 9 aromatic carbocycles. The van der Waals surface area contributed by atoms with Crippen LogP contribution in [-0.2, 0) is 0 Å². The molecule has 2 heterocycles. The van der Waals surface area contributed by atoms with Crippen LogP contribution in [0.25, 0.3) is 71.6 Å². The van der Waals surface area contributed by atoms with Gasteiger partial charge in [0.2, 0.25) is 0 Å². The van der Waals surface area contributed by atoms with E-state index < -0.39 is 5.60 Å². The van der Waals surface area contributed by atoms with Crippen molar-refractivity contribution in [3.05, 3.63) is 236 Å². The molecule has 3 nitrogen and oxygen atoms in total. The van der Waals surface area contributed by atoms with Gasteiger partial charge in [-0.25, -0.2) is 0 Å². The van der Waals surface area contributed by atoms with E-state index >= 15 is 0 Å². The molecule has 10 aromatic rings. The third kappa shape index (κ3) is 5.81. The number of hydrogen-bond acceptors (Lipinski definition) is 2. The molecule has 0 N–H and O–H groups in total. The molecule has 1 aromatic heterocycles. The number of fused-ring (bicyclic) bond motifs is 7. The Hall–Kier alpha value is -7.88. The van der Waals surface area contributed by atoms with Gasteiger partial charge in [-0.1, -0.05) is 176 Å². The Kier molecular flexibility index (Phi) is 8.36. The van der Waals surface area contributed by atoms with E-state index in [1.54, 1.807) is 0 Å². The van der Waals surface area contributed by atoms with Gasteiger partial charge in [-0.15, -0.1) is 0 Å². The van der Waals surface area contributed by atoms with Gasteiger partial charge >= 0.3 is 0 Å². The van der Waals surface area contributed by atoms with Crippen molar-refractivity contribution in [3.8, 4) is 44.8 Å². The SMILES string of the molecule is CC12C=CC=CC1c1ccc(N(c3ccc(-c4ccccc4-n4c5ccccc5c5ccccc54)cc3)c3cc(-c4cccc5ccccc45)ccc3-c3ccccc3)cc1O2. The zero-order valence-electron chi connectivity index (χ0n) is 34.3. The highest BCUT2D eigenvalue weighted by molar-refractivity contribution is 6.10. The van der Waals surface area contributed by atoms with Crippen LogP contribution in [0.2, 0.25) is 0 Å². The lowest BCUT2D eigenvalue weighted by Crippen LogP contribution is -2.32. The van der Waals surface area contributed by atoms with Crippen LogP contribution < -0.4 is 9.64 Å². The number of nitrogens with zero attached hydrogens (tertiary/aromatic N) is 2. The predicted molar refractivity (Wildman–Crippen MR) is 259 cm³/mol. The summed E-state index contributed by atoms with van der Waals surface area (Å²) >= 11 is 0. The Morgan fingerprint density at radius 1 is 0.484 bits per heavy atom. The zero-order chi connectivity index (χ0) is 41.2. The molecule has 62 heavy (non-hydrogen) atoms. The topological polar surface area (TPSA) is 17.4 Å². The Morgan fingerprint density at radius 2 is 1.11 bits per heavy atom. The van der Waals surface area contributed by atoms with Crippen LogP contribution in [0.15, 0.2) is 231 Å². The molecule has 2 aliphatic rings. The van der Waals surface area contributed by atoms with Gasteiger partial charge in [0, 0.05) is 50.8 Å². The molecule has 1 aliphatic carbocycles. The fourth-order valence-corrected chi connectivity index (χ4v) is 10.0. The number of rotatable bonds is 7. The van der Waals surface area contributed by atoms with Gasteiger partial charge in [0.15, 0.2) is 0 Å². The van der Waals surface area contributed by atoms with Crippen LogP contribution in [0.5, 0.6) is 5.75 Å². The van der Waals surface area contributed by atoms with Gasteiger partial charge in [-0.05, 0) is 88.5 Å². The lowest BCUT2D eigenvalue weighted by atomic mass is 9.82. The van der Waals surface area contributed by atoms with Crippen molar-refractivity contribution < 1.29 is 4.74 Å². The van der Waals surface area contributed by atoms with Crippen molar-refractivity contribution in [2.24, 2.45) is 0 Å². The molecule has 0 spiro atoms. The van der Waals surface area contributed by atoms with Crippen molar-refractivity contribution in [1.82, 2.24) is 4.57 Å². The average molecular weight is 795 g/mol. The first kappa shape index (κ1) is 36.0. The van der Waals surface area contributed by atoms with Gasteiger partial charge in [0.05, 0.1) is 22.4 Å². The summed E-state index contributed by atoms with van der Waals surface area (Å²) in [6.45, 7) is 2.19. The number of ether oxygens (including phenoxy) is 1. The van der Waals surface area contributed by atoms with Gasteiger partial charge in [0.1, 0.15) is 11.4 Å². The van der Waals surface area contributed by atoms with Crippen molar-refractivity contribution >= 4 is 49.6 Å². The third-order valence-electron chi connectivity index (χ3n) is 13.0. The average Bonchev–Trinajstić information content (AvgIpc) is 3.83. The summed E-state index contributed by atoms with van der Waals surface area (Å²) < 4.78 is 9.25. The summed E-state index contributed by atoms with van der Waals surface area (Å²) in [6.07, 6.45) is 8.69. The lowest BCUT2D eigenvalue weighted by Gasteiger charge is -2.29. The molecule has 2 atom stereocenters. The van der Waals surface area contributed by atoms with Crippen LogP contribution in [0.3, 0.4) is 0 Å². The van der Waals surface area contributed by atoms with E-state index in [2.05, 4.69) is 247 Å². The van der Waals surface area contributed by atoms with Gasteiger partial charge in [-0.3, -0.25) is 0 Å². The highest BCUT2D eigenvalue weighted by Gasteiger charge is 2.42. The maximum atomic E-state index is 6.84. The minimum atomic E-state index is -0.421. The van der Waals surface area contributed by atoms with E-state index in [9.17, 15) is 0 Å². The first-order valence-electron chi connectivity index (χ1n) is 21.5. The summed E-state index contributed by atoms with van der Waals surface area (Å²) in [4.78, 5) is 2.42. The Labute approximate surface area is 361 Å². The largest absolute Gasteiger partial charge is 0.482 e. The van der Waals surface area contributed by atoms with Gasteiger partial charge in [0.25, 0.3) is 0 Å². The first-order valence-corrected chi connectivity index (χ1v) is 21.5. The number of allylic oxidation sites excluding steroid dienone is 2. The molecular weight excluding hydrogens is 753 g/mol. The van der Waals surface area contributed by atoms with Crippen molar-refractivity contribution in [1.29, 1.82) is 0 Å². The maximum Gasteiger partial charge on any atom is 0.135 e. The molecular formula is C59H42N2O. The smallest absolute Gasteiger partial charge is 0.135 e. The van der Waals surface area contributed by atoms with E-state index in [4.69, 9.17) is 4.74 Å². The number of hydrogen-bond donors (Lipinski definition) is 0. The molecule has 0 saturated heterocycles. The highest BCUT2D eigenvalue weighted by atomic mass is 16.5. The summed E-state index contributed by atoms with van der Waals surface area (Å²) in [6, 6.07) is 75.0. The number of anilines is 3.